The zero-order valence-corrected chi connectivity index (χ0v) is 7.60. The van der Waals surface area contributed by atoms with Gasteiger partial charge in [-0.25, -0.2) is 0 Å². The first-order valence-electron chi connectivity index (χ1n) is 2.77. The summed E-state index contributed by atoms with van der Waals surface area (Å²) in [6, 6.07) is 0. The van der Waals surface area contributed by atoms with Crippen LogP contribution in [0.4, 0.5) is 0 Å². The predicted octanol–water partition coefficient (Wildman–Crippen LogP) is 1.52. The van der Waals surface area contributed by atoms with E-state index in [0.29, 0.717) is 0 Å². The minimum absolute atomic E-state index is 0.160. The van der Waals surface area contributed by atoms with Gasteiger partial charge in [-0.3, -0.25) is 7.91 Å². The third-order valence-corrected chi connectivity index (χ3v) is 2.34. The van der Waals surface area contributed by atoms with Gasteiger partial charge < -0.3 is 0 Å². The molecular weight excluding hydrogens is 229 g/mol. The van der Waals surface area contributed by atoms with Crippen LogP contribution in [0.15, 0.2) is 11.1 Å². The standard InChI is InChI=1S/C6H8INO/c1-4-3-8(7)6(9)5(4)2/h3H2,1-2H3. The summed E-state index contributed by atoms with van der Waals surface area (Å²) in [6.07, 6.45) is 0. The van der Waals surface area contributed by atoms with Crippen molar-refractivity contribution in [2.24, 2.45) is 0 Å². The largest absolute Gasteiger partial charge is 0.277 e. The second kappa shape index (κ2) is 2.28. The van der Waals surface area contributed by atoms with Gasteiger partial charge in [0.25, 0.3) is 5.91 Å². The molecule has 0 unspecified atom stereocenters. The fraction of sp³-hybridized carbons (Fsp3) is 0.500. The smallest absolute Gasteiger partial charge is 0.258 e. The van der Waals surface area contributed by atoms with Crippen LogP contribution in [0.2, 0.25) is 0 Å². The zero-order chi connectivity index (χ0) is 7.02. The summed E-state index contributed by atoms with van der Waals surface area (Å²) >= 11 is 2.03. The first-order chi connectivity index (χ1) is 4.13. The molecule has 1 amide bonds. The Bertz CT molecular complexity index is 185. The fourth-order valence-corrected chi connectivity index (χ4v) is 1.64. The summed E-state index contributed by atoms with van der Waals surface area (Å²) in [4.78, 5) is 11.0. The van der Waals surface area contributed by atoms with Gasteiger partial charge in [-0.1, -0.05) is 0 Å². The summed E-state index contributed by atoms with van der Waals surface area (Å²) < 4.78 is 1.70. The van der Waals surface area contributed by atoms with Crippen molar-refractivity contribution in [3.63, 3.8) is 0 Å². The lowest BCUT2D eigenvalue weighted by molar-refractivity contribution is -0.120. The summed E-state index contributed by atoms with van der Waals surface area (Å²) in [5, 5.41) is 0. The number of halogens is 1. The maximum atomic E-state index is 11.0. The van der Waals surface area contributed by atoms with Crippen molar-refractivity contribution in [2.45, 2.75) is 13.8 Å². The normalized spacial score (nSPS) is 19.9. The van der Waals surface area contributed by atoms with Gasteiger partial charge in [0, 0.05) is 5.57 Å². The molecule has 1 rings (SSSR count). The molecule has 0 fully saturated rings. The summed E-state index contributed by atoms with van der Waals surface area (Å²) in [5.74, 6) is 0.160. The molecule has 0 atom stereocenters. The third kappa shape index (κ3) is 1.10. The maximum absolute atomic E-state index is 11.0. The van der Waals surface area contributed by atoms with E-state index in [9.17, 15) is 4.79 Å². The van der Waals surface area contributed by atoms with E-state index in [1.807, 2.05) is 36.7 Å². The molecule has 1 heterocycles. The van der Waals surface area contributed by atoms with Crippen molar-refractivity contribution < 1.29 is 4.79 Å². The number of amides is 1. The van der Waals surface area contributed by atoms with Crippen LogP contribution in [0, 0.1) is 0 Å². The highest BCUT2D eigenvalue weighted by molar-refractivity contribution is 14.1. The molecule has 0 aliphatic carbocycles. The number of nitrogens with zero attached hydrogens (tertiary/aromatic N) is 1. The van der Waals surface area contributed by atoms with Crippen LogP contribution in [-0.2, 0) is 4.79 Å². The molecule has 0 aromatic rings. The number of rotatable bonds is 0. The highest BCUT2D eigenvalue weighted by Gasteiger charge is 2.21. The second-order valence-electron chi connectivity index (χ2n) is 2.23. The van der Waals surface area contributed by atoms with E-state index >= 15 is 0 Å². The lowest BCUT2D eigenvalue weighted by atomic mass is 10.2. The lowest BCUT2D eigenvalue weighted by Gasteiger charge is -2.02. The molecule has 3 heteroatoms. The molecule has 0 aromatic carbocycles. The molecular formula is C6H8INO. The third-order valence-electron chi connectivity index (χ3n) is 1.56. The summed E-state index contributed by atoms with van der Waals surface area (Å²) in [6.45, 7) is 4.66. The fourth-order valence-electron chi connectivity index (χ4n) is 0.763. The van der Waals surface area contributed by atoms with Crippen molar-refractivity contribution in [3.05, 3.63) is 11.1 Å². The average Bonchev–Trinajstić information content (AvgIpc) is 1.98. The van der Waals surface area contributed by atoms with Crippen molar-refractivity contribution in [1.29, 1.82) is 0 Å². The molecule has 0 saturated carbocycles. The molecule has 0 N–H and O–H groups in total. The summed E-state index contributed by atoms with van der Waals surface area (Å²) in [5.41, 5.74) is 2.10. The quantitative estimate of drug-likeness (QED) is 0.462. The van der Waals surface area contributed by atoms with Gasteiger partial charge in [0.2, 0.25) is 0 Å². The molecule has 0 radical (unpaired) electrons. The Hall–Kier alpha value is -0.0600. The van der Waals surface area contributed by atoms with E-state index < -0.39 is 0 Å². The van der Waals surface area contributed by atoms with Crippen LogP contribution >= 0.6 is 22.9 Å². The number of hydrogen-bond acceptors (Lipinski definition) is 1. The van der Waals surface area contributed by atoms with Crippen molar-refractivity contribution in [2.75, 3.05) is 6.54 Å². The van der Waals surface area contributed by atoms with E-state index in [1.54, 1.807) is 3.11 Å². The highest BCUT2D eigenvalue weighted by atomic mass is 127. The Morgan fingerprint density at radius 3 is 2.22 bits per heavy atom. The first kappa shape index (κ1) is 7.05. The highest BCUT2D eigenvalue weighted by Crippen LogP contribution is 2.20. The van der Waals surface area contributed by atoms with Crippen molar-refractivity contribution in [1.82, 2.24) is 3.11 Å². The van der Waals surface area contributed by atoms with Crippen molar-refractivity contribution in [3.8, 4) is 0 Å². The molecule has 0 spiro atoms. The second-order valence-corrected chi connectivity index (χ2v) is 3.40. The average molecular weight is 237 g/mol. The van der Waals surface area contributed by atoms with E-state index in [-0.39, 0.29) is 5.91 Å². The molecule has 0 saturated heterocycles. The molecule has 9 heavy (non-hydrogen) atoms. The van der Waals surface area contributed by atoms with Gasteiger partial charge in [-0.15, -0.1) is 0 Å². The molecule has 2 nitrogen and oxygen atoms in total. The van der Waals surface area contributed by atoms with Crippen molar-refractivity contribution >= 4 is 28.8 Å². The number of hydrogen-bond donors (Lipinski definition) is 0. The molecule has 1 aliphatic heterocycles. The molecule has 0 aromatic heterocycles. The summed E-state index contributed by atoms with van der Waals surface area (Å²) in [7, 11) is 0. The predicted molar refractivity (Wildman–Crippen MR) is 44.1 cm³/mol. The minimum Gasteiger partial charge on any atom is -0.277 e. The Kier molecular flexibility index (Phi) is 1.79. The maximum Gasteiger partial charge on any atom is 0.258 e. The van der Waals surface area contributed by atoms with Gasteiger partial charge in [0.05, 0.1) is 29.4 Å². The van der Waals surface area contributed by atoms with Gasteiger partial charge in [-0.05, 0) is 19.4 Å². The Labute approximate surface area is 68.4 Å². The molecule has 0 bridgehead atoms. The minimum atomic E-state index is 0.160. The zero-order valence-electron chi connectivity index (χ0n) is 5.44. The van der Waals surface area contributed by atoms with Gasteiger partial charge in [0.1, 0.15) is 0 Å². The SMILES string of the molecule is CC1=C(C)C(=O)N(I)C1. The number of carbonyl (C=O) groups is 1. The lowest BCUT2D eigenvalue weighted by Crippen LogP contribution is -2.13. The Morgan fingerprint density at radius 2 is 2.11 bits per heavy atom. The molecule has 50 valence electrons. The Morgan fingerprint density at radius 1 is 1.56 bits per heavy atom. The van der Waals surface area contributed by atoms with E-state index in [4.69, 9.17) is 0 Å². The van der Waals surface area contributed by atoms with Crippen LogP contribution < -0.4 is 0 Å². The van der Waals surface area contributed by atoms with E-state index in [1.165, 1.54) is 5.57 Å². The number of carbonyl (C=O) groups excluding carboxylic acids is 1. The first-order valence-corrected chi connectivity index (χ1v) is 3.73. The van der Waals surface area contributed by atoms with E-state index in [2.05, 4.69) is 0 Å². The van der Waals surface area contributed by atoms with E-state index in [0.717, 1.165) is 12.1 Å². The topological polar surface area (TPSA) is 20.3 Å². The van der Waals surface area contributed by atoms with Crippen LogP contribution in [-0.4, -0.2) is 15.6 Å². The monoisotopic (exact) mass is 237 g/mol. The van der Waals surface area contributed by atoms with Crippen LogP contribution in [0.5, 0.6) is 0 Å². The van der Waals surface area contributed by atoms with Gasteiger partial charge in [-0.2, -0.15) is 0 Å². The van der Waals surface area contributed by atoms with Gasteiger partial charge >= 0.3 is 0 Å². The van der Waals surface area contributed by atoms with Crippen LogP contribution in [0.25, 0.3) is 0 Å². The Balaban J connectivity index is 2.87. The molecule has 1 aliphatic rings. The van der Waals surface area contributed by atoms with Crippen LogP contribution in [0.1, 0.15) is 13.8 Å². The van der Waals surface area contributed by atoms with Crippen LogP contribution in [0.3, 0.4) is 0 Å². The van der Waals surface area contributed by atoms with Gasteiger partial charge in [0.15, 0.2) is 0 Å².